The average Bonchev–Trinajstić information content (AvgIpc) is 2.20. The molecular weight excluding hydrogens is 241 g/mol. The van der Waals surface area contributed by atoms with Gasteiger partial charge >= 0.3 is 6.18 Å². The maximum atomic E-state index is 12.3. The van der Waals surface area contributed by atoms with Crippen molar-refractivity contribution in [3.63, 3.8) is 0 Å². The van der Waals surface area contributed by atoms with Gasteiger partial charge in [-0.3, -0.25) is 4.90 Å². The van der Waals surface area contributed by atoms with Gasteiger partial charge in [0, 0.05) is 6.04 Å². The first-order chi connectivity index (χ1) is 8.35. The van der Waals surface area contributed by atoms with Crippen LogP contribution < -0.4 is 5.32 Å². The highest BCUT2D eigenvalue weighted by Crippen LogP contribution is 2.17. The van der Waals surface area contributed by atoms with E-state index < -0.39 is 12.7 Å². The molecule has 0 aliphatic heterocycles. The number of rotatable bonds is 10. The molecule has 0 radical (unpaired) electrons. The van der Waals surface area contributed by atoms with Crippen molar-refractivity contribution in [1.29, 1.82) is 0 Å². The van der Waals surface area contributed by atoms with Crippen LogP contribution in [0, 0.1) is 0 Å². The Labute approximate surface area is 109 Å². The van der Waals surface area contributed by atoms with Crippen LogP contribution in [-0.4, -0.2) is 43.3 Å². The number of halogens is 3. The topological polar surface area (TPSA) is 15.3 Å². The highest BCUT2D eigenvalue weighted by atomic mass is 19.4. The lowest BCUT2D eigenvalue weighted by Crippen LogP contribution is -2.35. The molecule has 2 nitrogen and oxygen atoms in total. The van der Waals surface area contributed by atoms with Gasteiger partial charge in [0.2, 0.25) is 0 Å². The van der Waals surface area contributed by atoms with Crippen LogP contribution in [-0.2, 0) is 0 Å². The summed E-state index contributed by atoms with van der Waals surface area (Å²) in [6.07, 6.45) is -0.447. The molecular formula is C13H27F3N2. The number of nitrogens with zero attached hydrogens (tertiary/aromatic N) is 1. The van der Waals surface area contributed by atoms with Gasteiger partial charge in [-0.15, -0.1) is 0 Å². The molecule has 0 saturated heterocycles. The summed E-state index contributed by atoms with van der Waals surface area (Å²) >= 11 is 0. The van der Waals surface area contributed by atoms with E-state index in [0.29, 0.717) is 19.1 Å². The molecule has 0 atom stereocenters. The molecule has 0 spiro atoms. The van der Waals surface area contributed by atoms with Crippen molar-refractivity contribution in [1.82, 2.24) is 10.2 Å². The molecule has 0 aromatic rings. The van der Waals surface area contributed by atoms with Gasteiger partial charge in [0.1, 0.15) is 0 Å². The molecule has 0 heterocycles. The molecule has 0 unspecified atom stereocenters. The Morgan fingerprint density at radius 3 is 2.22 bits per heavy atom. The Morgan fingerprint density at radius 1 is 1.06 bits per heavy atom. The maximum Gasteiger partial charge on any atom is 0.401 e. The summed E-state index contributed by atoms with van der Waals surface area (Å²) in [6.45, 7) is 7.35. The third kappa shape index (κ3) is 12.2. The second kappa shape index (κ2) is 9.62. The van der Waals surface area contributed by atoms with Crippen molar-refractivity contribution in [2.45, 2.75) is 58.7 Å². The molecule has 0 saturated carbocycles. The summed E-state index contributed by atoms with van der Waals surface area (Å²) in [7, 11) is 0. The first kappa shape index (κ1) is 17.7. The molecule has 1 N–H and O–H groups in total. The van der Waals surface area contributed by atoms with Crippen LogP contribution in [0.4, 0.5) is 13.2 Å². The number of hydrogen-bond acceptors (Lipinski definition) is 2. The number of hydrogen-bond donors (Lipinski definition) is 1. The second-order valence-electron chi connectivity index (χ2n) is 5.06. The molecule has 0 rings (SSSR count). The molecule has 0 fully saturated rings. The van der Waals surface area contributed by atoms with Crippen molar-refractivity contribution in [2.75, 3.05) is 26.2 Å². The van der Waals surface area contributed by atoms with Crippen LogP contribution in [0.5, 0.6) is 0 Å². The summed E-state index contributed by atoms with van der Waals surface area (Å²) in [5.74, 6) is 0. The summed E-state index contributed by atoms with van der Waals surface area (Å²) in [6, 6.07) is 0.479. The Morgan fingerprint density at radius 2 is 1.72 bits per heavy atom. The summed E-state index contributed by atoms with van der Waals surface area (Å²) in [5.41, 5.74) is 0. The predicted molar refractivity (Wildman–Crippen MR) is 69.8 cm³/mol. The van der Waals surface area contributed by atoms with E-state index in [1.165, 1.54) is 4.90 Å². The van der Waals surface area contributed by atoms with Crippen LogP contribution in [0.2, 0.25) is 0 Å². The number of alkyl halides is 3. The van der Waals surface area contributed by atoms with E-state index in [1.807, 2.05) is 6.92 Å². The minimum absolute atomic E-state index is 0.479. The van der Waals surface area contributed by atoms with E-state index >= 15 is 0 Å². The zero-order valence-electron chi connectivity index (χ0n) is 11.8. The molecule has 0 aliphatic carbocycles. The molecule has 0 aromatic heterocycles. The van der Waals surface area contributed by atoms with Gasteiger partial charge in [0.25, 0.3) is 0 Å². The summed E-state index contributed by atoms with van der Waals surface area (Å²) in [4.78, 5) is 1.51. The standard InChI is InChI=1S/C13H27F3N2/c1-4-9-18(11-13(14,15)16)10-7-5-6-8-17-12(2)3/h12,17H,4-11H2,1-3H3. The zero-order chi connectivity index (χ0) is 14.0. The van der Waals surface area contributed by atoms with Crippen LogP contribution in [0.3, 0.4) is 0 Å². The lowest BCUT2D eigenvalue weighted by atomic mass is 10.2. The summed E-state index contributed by atoms with van der Waals surface area (Å²) < 4.78 is 36.9. The van der Waals surface area contributed by atoms with Crippen molar-refractivity contribution >= 4 is 0 Å². The SMILES string of the molecule is CCCN(CCCCCNC(C)C)CC(F)(F)F. The lowest BCUT2D eigenvalue weighted by molar-refractivity contribution is -0.146. The largest absolute Gasteiger partial charge is 0.401 e. The third-order valence-electron chi connectivity index (χ3n) is 2.65. The van der Waals surface area contributed by atoms with E-state index in [9.17, 15) is 13.2 Å². The highest BCUT2D eigenvalue weighted by Gasteiger charge is 2.29. The number of unbranched alkanes of at least 4 members (excludes halogenated alkanes) is 2. The second-order valence-corrected chi connectivity index (χ2v) is 5.06. The fraction of sp³-hybridized carbons (Fsp3) is 1.00. The average molecular weight is 268 g/mol. The van der Waals surface area contributed by atoms with Crippen LogP contribution >= 0.6 is 0 Å². The maximum absolute atomic E-state index is 12.3. The molecule has 18 heavy (non-hydrogen) atoms. The third-order valence-corrected chi connectivity index (χ3v) is 2.65. The van der Waals surface area contributed by atoms with Gasteiger partial charge in [-0.1, -0.05) is 27.2 Å². The van der Waals surface area contributed by atoms with Gasteiger partial charge in [0.05, 0.1) is 6.54 Å². The van der Waals surface area contributed by atoms with Crippen LogP contribution in [0.15, 0.2) is 0 Å². The smallest absolute Gasteiger partial charge is 0.315 e. The predicted octanol–water partition coefficient (Wildman–Crippen LogP) is 3.43. The zero-order valence-corrected chi connectivity index (χ0v) is 11.8. The van der Waals surface area contributed by atoms with E-state index in [1.54, 1.807) is 0 Å². The van der Waals surface area contributed by atoms with E-state index in [4.69, 9.17) is 0 Å². The molecule has 0 aliphatic rings. The fourth-order valence-electron chi connectivity index (χ4n) is 1.87. The fourth-order valence-corrected chi connectivity index (χ4v) is 1.87. The normalized spacial score (nSPS) is 12.7. The minimum atomic E-state index is -4.08. The van der Waals surface area contributed by atoms with E-state index in [-0.39, 0.29) is 0 Å². The van der Waals surface area contributed by atoms with Crippen molar-refractivity contribution in [3.05, 3.63) is 0 Å². The van der Waals surface area contributed by atoms with E-state index in [2.05, 4.69) is 19.2 Å². The molecule has 0 amide bonds. The number of nitrogens with one attached hydrogen (secondary N) is 1. The quantitative estimate of drug-likeness (QED) is 0.611. The van der Waals surface area contributed by atoms with E-state index in [0.717, 1.165) is 32.2 Å². The molecule has 5 heteroatoms. The molecule has 110 valence electrons. The molecule has 0 bridgehead atoms. The Bertz CT molecular complexity index is 193. The minimum Gasteiger partial charge on any atom is -0.315 e. The summed E-state index contributed by atoms with van der Waals surface area (Å²) in [5, 5.41) is 3.30. The molecule has 0 aromatic carbocycles. The van der Waals surface area contributed by atoms with Gasteiger partial charge < -0.3 is 5.32 Å². The van der Waals surface area contributed by atoms with Crippen molar-refractivity contribution < 1.29 is 13.2 Å². The highest BCUT2D eigenvalue weighted by molar-refractivity contribution is 4.63. The Kier molecular flexibility index (Phi) is 9.46. The van der Waals surface area contributed by atoms with Gasteiger partial charge in [-0.2, -0.15) is 13.2 Å². The van der Waals surface area contributed by atoms with Crippen LogP contribution in [0.1, 0.15) is 46.5 Å². The van der Waals surface area contributed by atoms with Crippen molar-refractivity contribution in [3.8, 4) is 0 Å². The van der Waals surface area contributed by atoms with Gasteiger partial charge in [-0.05, 0) is 38.9 Å². The lowest BCUT2D eigenvalue weighted by Gasteiger charge is -2.22. The van der Waals surface area contributed by atoms with Gasteiger partial charge in [0.15, 0.2) is 0 Å². The Balaban J connectivity index is 3.64. The monoisotopic (exact) mass is 268 g/mol. The van der Waals surface area contributed by atoms with Crippen molar-refractivity contribution in [2.24, 2.45) is 0 Å². The first-order valence-electron chi connectivity index (χ1n) is 6.87. The van der Waals surface area contributed by atoms with Crippen LogP contribution in [0.25, 0.3) is 0 Å². The Hall–Kier alpha value is -0.290. The van der Waals surface area contributed by atoms with Gasteiger partial charge in [-0.25, -0.2) is 0 Å². The first-order valence-corrected chi connectivity index (χ1v) is 6.87.